The number of rotatable bonds is 4. The summed E-state index contributed by atoms with van der Waals surface area (Å²) in [6, 6.07) is -11.4. The standard InChI is InChI=1S/C44H28O/c1-4-15-29(16-5-1)33-25-14-26-38-40-28-32(27-39(44(40)45-43(33)38)30-17-6-2-7-18-30)42-36-23-12-10-21-34(36)41(31-19-8-3-9-20-31)35-22-11-13-24-37(35)42/h1-28H/i1D,2D,4D,5D,6D,7D,10D,11D,12D,13D,14D,15D,16D,17D,18D,21D,22D,23D,24D,25D,26D,27D,28D. The Morgan fingerprint density at radius 3 is 1.44 bits per heavy atom. The third-order valence-corrected chi connectivity index (χ3v) is 7.42. The maximum absolute atomic E-state index is 10.1. The summed E-state index contributed by atoms with van der Waals surface area (Å²) in [5.41, 5.74) is -5.19. The zero-order valence-corrected chi connectivity index (χ0v) is 22.8. The van der Waals surface area contributed by atoms with Crippen LogP contribution in [0.4, 0.5) is 0 Å². The predicted molar refractivity (Wildman–Crippen MR) is 190 cm³/mol. The van der Waals surface area contributed by atoms with Gasteiger partial charge in [-0.1, -0.05) is 157 Å². The first-order valence-electron chi connectivity index (χ1n) is 25.1. The van der Waals surface area contributed by atoms with E-state index in [4.69, 9.17) is 26.3 Å². The quantitative estimate of drug-likeness (QED) is 0.184. The normalized spacial score (nSPS) is 18.7. The van der Waals surface area contributed by atoms with Crippen LogP contribution in [-0.4, -0.2) is 0 Å². The Morgan fingerprint density at radius 1 is 0.356 bits per heavy atom. The fourth-order valence-corrected chi connectivity index (χ4v) is 5.57. The molecule has 45 heavy (non-hydrogen) atoms. The molecule has 9 aromatic rings. The van der Waals surface area contributed by atoms with Crippen molar-refractivity contribution in [2.45, 2.75) is 0 Å². The van der Waals surface area contributed by atoms with Crippen LogP contribution in [0, 0.1) is 0 Å². The second-order valence-corrected chi connectivity index (χ2v) is 9.88. The number of fused-ring (bicyclic) bond motifs is 5. The van der Waals surface area contributed by atoms with Gasteiger partial charge in [0.2, 0.25) is 0 Å². The van der Waals surface area contributed by atoms with Crippen LogP contribution in [0.25, 0.3) is 88.0 Å². The van der Waals surface area contributed by atoms with Gasteiger partial charge in [-0.05, 0) is 67.0 Å². The lowest BCUT2D eigenvalue weighted by atomic mass is 9.85. The van der Waals surface area contributed by atoms with E-state index in [2.05, 4.69) is 0 Å². The SMILES string of the molecule is [2H]c1c([2H])c([2H])c(-c2c([2H])c([2H])c([2H])c3c2oc2c(-c4c([2H])c([2H])c([2H])c([2H])c4[2H])c([2H])c(-c4c5c([2H])c([2H])c([2H])c([2H])c5c(-c5ccccc5)c5c([2H])c([2H])c([2H])c([2H])c45)c([2H])c23)c([2H])c1[2H]. The molecule has 1 aromatic heterocycles. The molecule has 210 valence electrons. The van der Waals surface area contributed by atoms with Crippen LogP contribution >= 0.6 is 0 Å². The number of hydrogen-bond donors (Lipinski definition) is 0. The smallest absolute Gasteiger partial charge is 0.143 e. The number of hydrogen-bond acceptors (Lipinski definition) is 1. The molecule has 0 aliphatic rings. The Labute approximate surface area is 293 Å². The van der Waals surface area contributed by atoms with Gasteiger partial charge in [0, 0.05) is 21.9 Å². The minimum atomic E-state index is -0.942. The monoisotopic (exact) mass is 595 g/mol. The van der Waals surface area contributed by atoms with E-state index in [1.807, 2.05) is 0 Å². The first-order valence-corrected chi connectivity index (χ1v) is 13.6. The van der Waals surface area contributed by atoms with Gasteiger partial charge >= 0.3 is 0 Å². The molecule has 0 aliphatic heterocycles. The molecule has 0 unspecified atom stereocenters. The van der Waals surface area contributed by atoms with E-state index in [0.717, 1.165) is 0 Å². The highest BCUT2D eigenvalue weighted by molar-refractivity contribution is 6.23. The van der Waals surface area contributed by atoms with Crippen molar-refractivity contribution >= 4 is 43.5 Å². The third kappa shape index (κ3) is 4.09. The lowest BCUT2D eigenvalue weighted by Gasteiger charge is -2.18. The van der Waals surface area contributed by atoms with Crippen LogP contribution < -0.4 is 0 Å². The average Bonchev–Trinajstić information content (AvgIpc) is 3.72. The Morgan fingerprint density at radius 2 is 0.844 bits per heavy atom. The molecule has 8 aromatic carbocycles. The Hall–Kier alpha value is -5.92. The van der Waals surface area contributed by atoms with E-state index in [-0.39, 0.29) is 21.9 Å². The van der Waals surface area contributed by atoms with Crippen LogP contribution in [0.1, 0.15) is 31.5 Å². The molecule has 0 saturated carbocycles. The van der Waals surface area contributed by atoms with E-state index in [0.29, 0.717) is 0 Å². The fourth-order valence-electron chi connectivity index (χ4n) is 5.57. The molecule has 1 nitrogen and oxygen atoms in total. The molecule has 9 rings (SSSR count). The van der Waals surface area contributed by atoms with Crippen LogP contribution in [-0.2, 0) is 0 Å². The number of furan rings is 1. The highest BCUT2D eigenvalue weighted by atomic mass is 16.3. The highest BCUT2D eigenvalue weighted by Crippen LogP contribution is 2.47. The molecule has 0 fully saturated rings. The van der Waals surface area contributed by atoms with Crippen LogP contribution in [0.15, 0.2) is 174 Å². The van der Waals surface area contributed by atoms with Gasteiger partial charge in [-0.15, -0.1) is 0 Å². The van der Waals surface area contributed by atoms with Crippen LogP contribution in [0.5, 0.6) is 0 Å². The van der Waals surface area contributed by atoms with Gasteiger partial charge in [0.05, 0.1) is 31.5 Å². The molecule has 0 N–H and O–H groups in total. The minimum Gasteiger partial charge on any atom is -0.455 e. The van der Waals surface area contributed by atoms with Crippen LogP contribution in [0.3, 0.4) is 0 Å². The molecule has 0 bridgehead atoms. The van der Waals surface area contributed by atoms with Gasteiger partial charge in [0.25, 0.3) is 0 Å². The summed E-state index contributed by atoms with van der Waals surface area (Å²) >= 11 is 0. The van der Waals surface area contributed by atoms with E-state index in [1.165, 1.54) is 0 Å². The first-order chi connectivity index (χ1) is 31.9. The zero-order chi connectivity index (χ0) is 49.8. The second-order valence-electron chi connectivity index (χ2n) is 9.88. The maximum atomic E-state index is 10.1. The van der Waals surface area contributed by atoms with E-state index >= 15 is 0 Å². The zero-order valence-electron chi connectivity index (χ0n) is 45.8. The maximum Gasteiger partial charge on any atom is 0.143 e. The van der Waals surface area contributed by atoms with Crippen molar-refractivity contribution in [1.29, 1.82) is 0 Å². The van der Waals surface area contributed by atoms with Crippen molar-refractivity contribution in [2.75, 3.05) is 0 Å². The Bertz CT molecular complexity index is 3680. The molecule has 0 spiro atoms. The Kier molecular flexibility index (Phi) is 2.66. The summed E-state index contributed by atoms with van der Waals surface area (Å²) in [5, 5.41) is -2.68. The largest absolute Gasteiger partial charge is 0.455 e. The summed E-state index contributed by atoms with van der Waals surface area (Å²) in [6.07, 6.45) is 0. The highest BCUT2D eigenvalue weighted by Gasteiger charge is 2.21. The van der Waals surface area contributed by atoms with E-state index in [9.17, 15) is 9.60 Å². The average molecular weight is 596 g/mol. The van der Waals surface area contributed by atoms with Gasteiger partial charge in [-0.2, -0.15) is 0 Å². The van der Waals surface area contributed by atoms with E-state index < -0.39 is 205 Å². The summed E-state index contributed by atoms with van der Waals surface area (Å²) in [7, 11) is 0. The lowest BCUT2D eigenvalue weighted by molar-refractivity contribution is 0.671. The van der Waals surface area contributed by atoms with Crippen molar-refractivity contribution in [1.82, 2.24) is 0 Å². The summed E-state index contributed by atoms with van der Waals surface area (Å²) in [5.74, 6) is 0. The summed E-state index contributed by atoms with van der Waals surface area (Å²) in [4.78, 5) is 0. The molecule has 0 atom stereocenters. The molecular formula is C44H28O. The molecule has 0 saturated heterocycles. The molecule has 0 amide bonds. The van der Waals surface area contributed by atoms with Crippen molar-refractivity contribution in [3.8, 4) is 44.5 Å². The number of benzene rings is 8. The minimum absolute atomic E-state index is 0.0735. The lowest BCUT2D eigenvalue weighted by Crippen LogP contribution is -1.91. The third-order valence-electron chi connectivity index (χ3n) is 7.42. The summed E-state index contributed by atoms with van der Waals surface area (Å²) in [6.45, 7) is 0. The second kappa shape index (κ2) is 10.4. The molecule has 0 aliphatic carbocycles. The van der Waals surface area contributed by atoms with Gasteiger partial charge in [-0.25, -0.2) is 0 Å². The fraction of sp³-hybridized carbons (Fsp3) is 0. The molecule has 1 heterocycles. The van der Waals surface area contributed by atoms with Crippen molar-refractivity contribution in [3.05, 3.63) is 169 Å². The Balaban J connectivity index is 1.67. The van der Waals surface area contributed by atoms with Crippen molar-refractivity contribution < 1.29 is 35.9 Å². The summed E-state index contributed by atoms with van der Waals surface area (Å²) < 4.78 is 213. The topological polar surface area (TPSA) is 13.1 Å². The van der Waals surface area contributed by atoms with Gasteiger partial charge < -0.3 is 4.42 Å². The molecule has 1 heteroatoms. The van der Waals surface area contributed by atoms with Crippen LogP contribution in [0.2, 0.25) is 0 Å². The van der Waals surface area contributed by atoms with Crippen molar-refractivity contribution in [2.24, 2.45) is 0 Å². The van der Waals surface area contributed by atoms with E-state index in [1.54, 1.807) is 30.3 Å². The molecule has 0 radical (unpaired) electrons. The van der Waals surface area contributed by atoms with Crippen molar-refractivity contribution in [3.63, 3.8) is 0 Å². The molecular weight excluding hydrogens is 544 g/mol. The van der Waals surface area contributed by atoms with Gasteiger partial charge in [-0.3, -0.25) is 0 Å². The van der Waals surface area contributed by atoms with Gasteiger partial charge in [0.1, 0.15) is 11.2 Å². The number of para-hydroxylation sites is 1. The first kappa shape index (κ1) is 11.5. The van der Waals surface area contributed by atoms with Gasteiger partial charge in [0.15, 0.2) is 0 Å². The predicted octanol–water partition coefficient (Wildman–Crippen LogP) is 12.6.